The van der Waals surface area contributed by atoms with E-state index < -0.39 is 0 Å². The molecule has 1 aliphatic rings. The molecule has 0 aromatic heterocycles. The van der Waals surface area contributed by atoms with Crippen molar-refractivity contribution in [1.82, 2.24) is 10.6 Å². The molecule has 1 fully saturated rings. The van der Waals surface area contributed by atoms with Gasteiger partial charge in [0.1, 0.15) is 0 Å². The van der Waals surface area contributed by atoms with Gasteiger partial charge >= 0.3 is 6.03 Å². The zero-order valence-corrected chi connectivity index (χ0v) is 11.9. The Kier molecular flexibility index (Phi) is 4.46. The first-order valence-electron chi connectivity index (χ1n) is 7.18. The van der Waals surface area contributed by atoms with Crippen LogP contribution in [0.1, 0.15) is 45.1 Å². The largest absolute Gasteiger partial charge is 0.335 e. The molecule has 3 heteroatoms. The second-order valence-electron chi connectivity index (χ2n) is 6.10. The Morgan fingerprint density at radius 3 is 2.53 bits per heavy atom. The predicted molar refractivity (Wildman–Crippen MR) is 78.1 cm³/mol. The highest BCUT2D eigenvalue weighted by atomic mass is 16.2. The van der Waals surface area contributed by atoms with Gasteiger partial charge in [-0.2, -0.15) is 0 Å². The molecule has 0 heterocycles. The molecule has 0 aliphatic heterocycles. The van der Waals surface area contributed by atoms with Gasteiger partial charge in [-0.25, -0.2) is 4.79 Å². The number of nitrogens with one attached hydrogen (secondary N) is 2. The fourth-order valence-electron chi connectivity index (χ4n) is 2.25. The summed E-state index contributed by atoms with van der Waals surface area (Å²) in [6, 6.07) is 10.8. The van der Waals surface area contributed by atoms with Crippen molar-refractivity contribution < 1.29 is 4.79 Å². The van der Waals surface area contributed by atoms with Crippen LogP contribution in [0.4, 0.5) is 4.79 Å². The molecule has 1 aromatic carbocycles. The summed E-state index contributed by atoms with van der Waals surface area (Å²) in [7, 11) is 0. The van der Waals surface area contributed by atoms with Gasteiger partial charge in [0.05, 0.1) is 0 Å². The van der Waals surface area contributed by atoms with Crippen LogP contribution in [0, 0.1) is 0 Å². The number of carbonyl (C=O) groups is 1. The van der Waals surface area contributed by atoms with Crippen LogP contribution in [0.25, 0.3) is 0 Å². The number of benzene rings is 1. The minimum Gasteiger partial charge on any atom is -0.335 e. The van der Waals surface area contributed by atoms with E-state index in [0.29, 0.717) is 6.04 Å². The van der Waals surface area contributed by atoms with Gasteiger partial charge in [-0.1, -0.05) is 30.3 Å². The van der Waals surface area contributed by atoms with Gasteiger partial charge in [0.25, 0.3) is 0 Å². The van der Waals surface area contributed by atoms with Gasteiger partial charge in [-0.05, 0) is 51.5 Å². The number of carbonyl (C=O) groups excluding carboxylic acids is 1. The Labute approximate surface area is 115 Å². The van der Waals surface area contributed by atoms with Gasteiger partial charge < -0.3 is 10.6 Å². The minimum atomic E-state index is -0.177. The van der Waals surface area contributed by atoms with Crippen LogP contribution in [-0.2, 0) is 6.42 Å². The molecule has 0 bridgehead atoms. The molecule has 0 atom stereocenters. The third-order valence-electron chi connectivity index (χ3n) is 3.77. The van der Waals surface area contributed by atoms with Crippen LogP contribution in [0.2, 0.25) is 0 Å². The summed E-state index contributed by atoms with van der Waals surface area (Å²) in [6.45, 7) is 4.16. The Morgan fingerprint density at radius 1 is 1.26 bits per heavy atom. The number of aryl methyl sites for hydroxylation is 1. The first kappa shape index (κ1) is 13.9. The maximum atomic E-state index is 11.9. The van der Waals surface area contributed by atoms with Crippen LogP contribution in [-0.4, -0.2) is 17.6 Å². The highest BCUT2D eigenvalue weighted by molar-refractivity contribution is 5.75. The maximum absolute atomic E-state index is 11.9. The molecular formula is C16H24N2O. The van der Waals surface area contributed by atoms with Gasteiger partial charge in [0.15, 0.2) is 0 Å². The molecule has 104 valence electrons. The molecular weight excluding hydrogens is 236 g/mol. The summed E-state index contributed by atoms with van der Waals surface area (Å²) in [6.07, 6.45) is 5.41. The van der Waals surface area contributed by atoms with E-state index in [4.69, 9.17) is 0 Å². The summed E-state index contributed by atoms with van der Waals surface area (Å²) in [5.41, 5.74) is 1.14. The van der Waals surface area contributed by atoms with E-state index in [9.17, 15) is 4.79 Å². The van der Waals surface area contributed by atoms with Crippen LogP contribution in [0.15, 0.2) is 30.3 Å². The third kappa shape index (κ3) is 4.58. The average Bonchev–Trinajstić information content (AvgIpc) is 2.32. The lowest BCUT2D eigenvalue weighted by atomic mass is 9.93. The van der Waals surface area contributed by atoms with E-state index in [2.05, 4.69) is 48.7 Å². The predicted octanol–water partition coefficient (Wildman–Crippen LogP) is 3.25. The molecule has 0 radical (unpaired) electrons. The van der Waals surface area contributed by atoms with Crippen molar-refractivity contribution in [3.05, 3.63) is 35.9 Å². The van der Waals surface area contributed by atoms with Crippen molar-refractivity contribution in [2.45, 2.75) is 57.5 Å². The number of hydrogen-bond donors (Lipinski definition) is 2. The van der Waals surface area contributed by atoms with E-state index in [-0.39, 0.29) is 11.6 Å². The summed E-state index contributed by atoms with van der Waals surface area (Å²) in [4.78, 5) is 11.9. The monoisotopic (exact) mass is 260 g/mol. The number of urea groups is 1. The summed E-state index contributed by atoms with van der Waals surface area (Å²) in [5.74, 6) is 0. The molecule has 2 rings (SSSR count). The molecule has 2 N–H and O–H groups in total. The van der Waals surface area contributed by atoms with Crippen molar-refractivity contribution >= 4 is 6.03 Å². The molecule has 0 spiro atoms. The van der Waals surface area contributed by atoms with Crippen LogP contribution < -0.4 is 10.6 Å². The zero-order chi connectivity index (χ0) is 13.7. The van der Waals surface area contributed by atoms with Crippen LogP contribution in [0.3, 0.4) is 0 Å². The smallest absolute Gasteiger partial charge is 0.315 e. The van der Waals surface area contributed by atoms with Gasteiger partial charge in [-0.15, -0.1) is 0 Å². The first-order chi connectivity index (χ1) is 9.05. The Morgan fingerprint density at radius 2 is 1.95 bits per heavy atom. The van der Waals surface area contributed by atoms with E-state index in [1.165, 1.54) is 12.0 Å². The topological polar surface area (TPSA) is 41.1 Å². The molecule has 0 unspecified atom stereocenters. The lowest BCUT2D eigenvalue weighted by Crippen LogP contribution is -2.52. The molecule has 1 aliphatic carbocycles. The van der Waals surface area contributed by atoms with E-state index >= 15 is 0 Å². The molecule has 1 saturated carbocycles. The fourth-order valence-corrected chi connectivity index (χ4v) is 2.25. The number of rotatable bonds is 5. The molecule has 2 amide bonds. The van der Waals surface area contributed by atoms with E-state index in [1.807, 2.05) is 6.07 Å². The standard InChI is InChI=1S/C16H24N2O/c1-16(2,12-11-13-7-4-3-5-8-13)18-15(19)17-14-9-6-10-14/h3-5,7-8,14H,6,9-12H2,1-2H3,(H2,17,18,19). The normalized spacial score (nSPS) is 15.7. The fraction of sp³-hybridized carbons (Fsp3) is 0.562. The highest BCUT2D eigenvalue weighted by Crippen LogP contribution is 2.18. The maximum Gasteiger partial charge on any atom is 0.315 e. The Bertz CT molecular complexity index is 410. The Hall–Kier alpha value is -1.51. The number of hydrogen-bond acceptors (Lipinski definition) is 1. The summed E-state index contributed by atoms with van der Waals surface area (Å²) >= 11 is 0. The second-order valence-corrected chi connectivity index (χ2v) is 6.10. The van der Waals surface area contributed by atoms with Crippen molar-refractivity contribution in [2.75, 3.05) is 0 Å². The third-order valence-corrected chi connectivity index (χ3v) is 3.77. The van der Waals surface area contributed by atoms with Gasteiger partial charge in [0, 0.05) is 11.6 Å². The van der Waals surface area contributed by atoms with Crippen LogP contribution >= 0.6 is 0 Å². The quantitative estimate of drug-likeness (QED) is 0.838. The average molecular weight is 260 g/mol. The summed E-state index contributed by atoms with van der Waals surface area (Å²) in [5, 5.41) is 6.10. The molecule has 3 nitrogen and oxygen atoms in total. The van der Waals surface area contributed by atoms with Gasteiger partial charge in [-0.3, -0.25) is 0 Å². The zero-order valence-electron chi connectivity index (χ0n) is 11.9. The second kappa shape index (κ2) is 6.09. The lowest BCUT2D eigenvalue weighted by Gasteiger charge is -2.31. The van der Waals surface area contributed by atoms with Gasteiger partial charge in [0.2, 0.25) is 0 Å². The molecule has 19 heavy (non-hydrogen) atoms. The lowest BCUT2D eigenvalue weighted by molar-refractivity contribution is 0.216. The first-order valence-corrected chi connectivity index (χ1v) is 7.18. The number of amides is 2. The van der Waals surface area contributed by atoms with Crippen LogP contribution in [0.5, 0.6) is 0 Å². The van der Waals surface area contributed by atoms with Crippen molar-refractivity contribution in [2.24, 2.45) is 0 Å². The van der Waals surface area contributed by atoms with Crippen molar-refractivity contribution in [1.29, 1.82) is 0 Å². The summed E-state index contributed by atoms with van der Waals surface area (Å²) < 4.78 is 0. The van der Waals surface area contributed by atoms with Crippen molar-refractivity contribution in [3.8, 4) is 0 Å². The highest BCUT2D eigenvalue weighted by Gasteiger charge is 2.24. The SMILES string of the molecule is CC(C)(CCc1ccccc1)NC(=O)NC1CCC1. The molecule has 0 saturated heterocycles. The minimum absolute atomic E-state index is 0.0252. The van der Waals surface area contributed by atoms with E-state index in [0.717, 1.165) is 25.7 Å². The van der Waals surface area contributed by atoms with E-state index in [1.54, 1.807) is 0 Å². The molecule has 1 aromatic rings. The van der Waals surface area contributed by atoms with Crippen molar-refractivity contribution in [3.63, 3.8) is 0 Å². The Balaban J connectivity index is 1.75.